The highest BCUT2D eigenvalue weighted by Crippen LogP contribution is 2.64. The molecule has 4 atom stereocenters. The molecule has 1 saturated carbocycles. The molecule has 8 heteroatoms. The van der Waals surface area contributed by atoms with Crippen molar-refractivity contribution in [1.29, 1.82) is 0 Å². The van der Waals surface area contributed by atoms with Crippen LogP contribution in [0.5, 0.6) is 11.5 Å². The molecule has 0 N–H and O–H groups in total. The lowest BCUT2D eigenvalue weighted by Gasteiger charge is -2.64. The largest absolute Gasteiger partial charge is 0.469 e. The van der Waals surface area contributed by atoms with Gasteiger partial charge in [-0.25, -0.2) is 9.59 Å². The molecule has 0 saturated heterocycles. The van der Waals surface area contributed by atoms with Gasteiger partial charge < -0.3 is 18.9 Å². The number of ketones is 2. The maximum atomic E-state index is 13.6. The second-order valence-electron chi connectivity index (χ2n) is 7.79. The molecule has 1 aliphatic carbocycles. The Morgan fingerprint density at radius 3 is 1.50 bits per heavy atom. The topological polar surface area (TPSA) is 105 Å². The van der Waals surface area contributed by atoms with E-state index in [9.17, 15) is 19.2 Å². The van der Waals surface area contributed by atoms with E-state index in [1.165, 1.54) is 12.1 Å². The summed E-state index contributed by atoms with van der Waals surface area (Å²) in [5.41, 5.74) is -3.95. The summed E-state index contributed by atoms with van der Waals surface area (Å²) in [7, 11) is 0. The summed E-state index contributed by atoms with van der Waals surface area (Å²) in [4.78, 5) is 54.0. The molecule has 0 bridgehead atoms. The zero-order valence-electron chi connectivity index (χ0n) is 17.5. The van der Waals surface area contributed by atoms with E-state index in [0.29, 0.717) is 0 Å². The standard InChI is InChI=1S/C24H20O8/c1-3-29-21(27)23-17(19(25)13-9-5-7-11-15(13)31-23)18-20(26)14-10-6-8-12-16(14)32-24(18,23)22(28)30-4-2/h5-12,17-18H,3-4H2,1-2H3/t17-,18-,23-,24-/m1/s1. The summed E-state index contributed by atoms with van der Waals surface area (Å²) in [5.74, 6) is -5.27. The summed E-state index contributed by atoms with van der Waals surface area (Å²) in [6.07, 6.45) is 0. The van der Waals surface area contributed by atoms with Crippen molar-refractivity contribution in [2.75, 3.05) is 13.2 Å². The van der Waals surface area contributed by atoms with Gasteiger partial charge in [-0.1, -0.05) is 24.3 Å². The van der Waals surface area contributed by atoms with Gasteiger partial charge in [0.25, 0.3) is 11.2 Å². The van der Waals surface area contributed by atoms with Crippen LogP contribution in [-0.4, -0.2) is 47.9 Å². The molecule has 0 aromatic heterocycles. The van der Waals surface area contributed by atoms with Crippen molar-refractivity contribution in [2.24, 2.45) is 11.8 Å². The summed E-state index contributed by atoms with van der Waals surface area (Å²) in [5, 5.41) is 0. The smallest absolute Gasteiger partial charge is 0.356 e. The number of ether oxygens (including phenoxy) is 4. The van der Waals surface area contributed by atoms with E-state index in [1.54, 1.807) is 50.2 Å². The van der Waals surface area contributed by atoms with E-state index >= 15 is 0 Å². The van der Waals surface area contributed by atoms with Gasteiger partial charge in [-0.15, -0.1) is 0 Å². The predicted molar refractivity (Wildman–Crippen MR) is 109 cm³/mol. The third-order valence-electron chi connectivity index (χ3n) is 6.33. The number of fused-ring (bicyclic) bond motifs is 6. The van der Waals surface area contributed by atoms with Crippen molar-refractivity contribution in [2.45, 2.75) is 25.0 Å². The van der Waals surface area contributed by atoms with Crippen molar-refractivity contribution < 1.29 is 38.1 Å². The predicted octanol–water partition coefficient (Wildman–Crippen LogP) is 2.39. The number of para-hydroxylation sites is 2. The molecule has 2 aromatic carbocycles. The van der Waals surface area contributed by atoms with Gasteiger partial charge in [0.15, 0.2) is 11.6 Å². The fourth-order valence-electron chi connectivity index (χ4n) is 5.10. The third-order valence-corrected chi connectivity index (χ3v) is 6.33. The van der Waals surface area contributed by atoms with Crippen LogP contribution < -0.4 is 9.47 Å². The first-order valence-corrected chi connectivity index (χ1v) is 10.4. The van der Waals surface area contributed by atoms with Crippen molar-refractivity contribution in [3.63, 3.8) is 0 Å². The molecule has 0 radical (unpaired) electrons. The van der Waals surface area contributed by atoms with Crippen LogP contribution in [0.4, 0.5) is 0 Å². The number of Topliss-reactive ketones (excluding diaryl/α,β-unsaturated/α-hetero) is 2. The molecule has 1 fully saturated rings. The number of benzene rings is 2. The highest BCUT2D eigenvalue weighted by molar-refractivity contribution is 6.19. The van der Waals surface area contributed by atoms with Crippen LogP contribution in [0.1, 0.15) is 34.6 Å². The number of carbonyl (C=O) groups is 4. The minimum atomic E-state index is -2.20. The quantitative estimate of drug-likeness (QED) is 0.673. The molecule has 8 nitrogen and oxygen atoms in total. The van der Waals surface area contributed by atoms with Gasteiger partial charge in [0.2, 0.25) is 0 Å². The minimum absolute atomic E-state index is 0.0272. The van der Waals surface area contributed by atoms with Gasteiger partial charge in [-0.05, 0) is 38.1 Å². The average molecular weight is 436 g/mol. The average Bonchev–Trinajstić information content (AvgIpc) is 2.78. The lowest BCUT2D eigenvalue weighted by atomic mass is 9.45. The Morgan fingerprint density at radius 1 is 0.750 bits per heavy atom. The highest BCUT2D eigenvalue weighted by atomic mass is 16.6. The van der Waals surface area contributed by atoms with Gasteiger partial charge >= 0.3 is 11.9 Å². The zero-order chi connectivity index (χ0) is 22.7. The molecular formula is C24H20O8. The molecule has 2 aromatic rings. The number of esters is 2. The van der Waals surface area contributed by atoms with Crippen molar-refractivity contribution >= 4 is 23.5 Å². The molecule has 0 amide bonds. The summed E-state index contributed by atoms with van der Waals surface area (Å²) in [6.45, 7) is 3.14. The van der Waals surface area contributed by atoms with E-state index in [4.69, 9.17) is 18.9 Å². The van der Waals surface area contributed by atoms with E-state index in [0.717, 1.165) is 0 Å². The van der Waals surface area contributed by atoms with E-state index in [2.05, 4.69) is 0 Å². The van der Waals surface area contributed by atoms with Gasteiger partial charge in [0.1, 0.15) is 11.5 Å². The lowest BCUT2D eigenvalue weighted by molar-refractivity contribution is -0.261. The SMILES string of the molecule is CCOC(=O)[C@]12Oc3ccccc3C(=O)[C@H]1[C@@H]1C(=O)c3ccccc3O[C@@]12C(=O)OCC. The van der Waals surface area contributed by atoms with Crippen LogP contribution >= 0.6 is 0 Å². The van der Waals surface area contributed by atoms with Crippen molar-refractivity contribution in [1.82, 2.24) is 0 Å². The number of rotatable bonds is 4. The van der Waals surface area contributed by atoms with Crippen LogP contribution in [0.3, 0.4) is 0 Å². The molecule has 164 valence electrons. The number of hydrogen-bond acceptors (Lipinski definition) is 8. The molecule has 5 rings (SSSR count). The molecule has 2 aliphatic heterocycles. The van der Waals surface area contributed by atoms with Gasteiger partial charge in [-0.3, -0.25) is 9.59 Å². The van der Waals surface area contributed by atoms with Crippen molar-refractivity contribution in [3.05, 3.63) is 59.7 Å². The fraction of sp³-hybridized carbons (Fsp3) is 0.333. The first kappa shape index (κ1) is 20.2. The second-order valence-corrected chi connectivity index (χ2v) is 7.79. The fourth-order valence-corrected chi connectivity index (χ4v) is 5.10. The first-order chi connectivity index (χ1) is 15.4. The first-order valence-electron chi connectivity index (χ1n) is 10.4. The summed E-state index contributed by atoms with van der Waals surface area (Å²) >= 11 is 0. The minimum Gasteiger partial charge on any atom is -0.469 e. The molecule has 32 heavy (non-hydrogen) atoms. The van der Waals surface area contributed by atoms with E-state index in [-0.39, 0.29) is 35.8 Å². The van der Waals surface area contributed by atoms with Crippen molar-refractivity contribution in [3.8, 4) is 11.5 Å². The molecule has 0 unspecified atom stereocenters. The Labute approximate surface area is 183 Å². The highest BCUT2D eigenvalue weighted by Gasteiger charge is 2.90. The van der Waals surface area contributed by atoms with Gasteiger partial charge in [0.05, 0.1) is 36.2 Å². The van der Waals surface area contributed by atoms with E-state index in [1.807, 2.05) is 0 Å². The van der Waals surface area contributed by atoms with Crippen LogP contribution in [0.25, 0.3) is 0 Å². The van der Waals surface area contributed by atoms with Gasteiger partial charge in [0, 0.05) is 0 Å². The van der Waals surface area contributed by atoms with Gasteiger partial charge in [-0.2, -0.15) is 0 Å². The van der Waals surface area contributed by atoms with E-state index < -0.39 is 46.5 Å². The molecule has 0 spiro atoms. The second kappa shape index (κ2) is 6.91. The molecule has 3 aliphatic rings. The summed E-state index contributed by atoms with van der Waals surface area (Å²) < 4.78 is 22.8. The maximum Gasteiger partial charge on any atom is 0.356 e. The zero-order valence-corrected chi connectivity index (χ0v) is 17.5. The monoisotopic (exact) mass is 436 g/mol. The van der Waals surface area contributed by atoms with Crippen LogP contribution in [0.2, 0.25) is 0 Å². The lowest BCUT2D eigenvalue weighted by Crippen LogP contribution is -2.90. The normalized spacial score (nSPS) is 29.1. The maximum absolute atomic E-state index is 13.6. The Bertz CT molecular complexity index is 1080. The Balaban J connectivity index is 1.80. The van der Waals surface area contributed by atoms with Crippen LogP contribution in [0, 0.1) is 11.8 Å². The van der Waals surface area contributed by atoms with Crippen LogP contribution in [-0.2, 0) is 19.1 Å². The summed E-state index contributed by atoms with van der Waals surface area (Å²) in [6, 6.07) is 12.7. The Kier molecular flexibility index (Phi) is 4.37. The molecule has 2 heterocycles. The number of hydrogen-bond donors (Lipinski definition) is 0. The third kappa shape index (κ3) is 2.21. The van der Waals surface area contributed by atoms with Crippen LogP contribution in [0.15, 0.2) is 48.5 Å². The molecular weight excluding hydrogens is 416 g/mol. The Hall–Kier alpha value is -3.68. The number of carbonyl (C=O) groups excluding carboxylic acids is 4. The Morgan fingerprint density at radius 2 is 1.12 bits per heavy atom.